The Balaban J connectivity index is 1.51. The average molecular weight is 726 g/mol. The molecule has 1 fully saturated rings. The second kappa shape index (κ2) is 12.9. The quantitative estimate of drug-likeness (QED) is 0.174. The van der Waals surface area contributed by atoms with Crippen LogP contribution < -0.4 is 20.3 Å². The summed E-state index contributed by atoms with van der Waals surface area (Å²) in [6.45, 7) is -0.343. The van der Waals surface area contributed by atoms with Crippen molar-refractivity contribution in [2.45, 2.75) is 0 Å². The van der Waals surface area contributed by atoms with Crippen molar-refractivity contribution >= 4 is 102 Å². The van der Waals surface area contributed by atoms with E-state index in [4.69, 9.17) is 27.9 Å². The van der Waals surface area contributed by atoms with Crippen molar-refractivity contribution in [3.05, 3.63) is 90.3 Å². The number of amides is 5. The zero-order chi connectivity index (χ0) is 29.8. The Morgan fingerprint density at radius 2 is 1.63 bits per heavy atom. The van der Waals surface area contributed by atoms with Crippen molar-refractivity contribution < 1.29 is 33.4 Å². The first-order chi connectivity index (χ1) is 19.5. The van der Waals surface area contributed by atoms with Crippen molar-refractivity contribution in [2.75, 3.05) is 23.9 Å². The molecule has 1 saturated heterocycles. The molecule has 2 N–H and O–H groups in total. The van der Waals surface area contributed by atoms with E-state index >= 15 is 0 Å². The number of carbonyl (C=O) groups excluding carboxylic acids is 5. The van der Waals surface area contributed by atoms with Crippen molar-refractivity contribution in [1.29, 1.82) is 0 Å². The molecule has 0 bridgehead atoms. The van der Waals surface area contributed by atoms with Crippen LogP contribution in [0.4, 0.5) is 16.2 Å². The van der Waals surface area contributed by atoms with Crippen molar-refractivity contribution in [1.82, 2.24) is 5.32 Å². The maximum atomic E-state index is 13.2. The minimum atomic E-state index is -0.937. The van der Waals surface area contributed by atoms with Crippen LogP contribution in [0.5, 0.6) is 5.75 Å². The number of halogens is 4. The fourth-order valence-corrected chi connectivity index (χ4v) is 5.38. The van der Waals surface area contributed by atoms with Crippen LogP contribution in [0.15, 0.2) is 69.1 Å². The van der Waals surface area contributed by atoms with Gasteiger partial charge in [0.1, 0.15) is 11.3 Å². The molecular weight excluding hydrogens is 709 g/mol. The van der Waals surface area contributed by atoms with Crippen LogP contribution in [-0.2, 0) is 19.1 Å². The Labute approximate surface area is 259 Å². The summed E-state index contributed by atoms with van der Waals surface area (Å²) < 4.78 is 11.1. The van der Waals surface area contributed by atoms with Gasteiger partial charge in [0.15, 0.2) is 6.61 Å². The van der Waals surface area contributed by atoms with Crippen LogP contribution in [0.1, 0.15) is 15.9 Å². The average Bonchev–Trinajstić information content (AvgIpc) is 2.92. The van der Waals surface area contributed by atoms with Gasteiger partial charge in [-0.2, -0.15) is 0 Å². The first kappa shape index (κ1) is 30.3. The minimum absolute atomic E-state index is 0.142. The van der Waals surface area contributed by atoms with Gasteiger partial charge in [-0.15, -0.1) is 0 Å². The number of carbonyl (C=O) groups is 5. The van der Waals surface area contributed by atoms with Gasteiger partial charge in [0.05, 0.1) is 37.4 Å². The predicted octanol–water partition coefficient (Wildman–Crippen LogP) is 5.99. The molecule has 0 unspecified atom stereocenters. The molecule has 4 rings (SSSR count). The topological polar surface area (TPSA) is 131 Å². The third-order valence-corrected chi connectivity index (χ3v) is 7.45. The highest BCUT2D eigenvalue weighted by Crippen LogP contribution is 2.36. The van der Waals surface area contributed by atoms with E-state index in [1.54, 1.807) is 24.3 Å². The van der Waals surface area contributed by atoms with Crippen molar-refractivity contribution in [3.8, 4) is 5.75 Å². The van der Waals surface area contributed by atoms with Crippen LogP contribution in [-0.4, -0.2) is 43.4 Å². The lowest BCUT2D eigenvalue weighted by Crippen LogP contribution is -2.54. The van der Waals surface area contributed by atoms with Gasteiger partial charge < -0.3 is 14.8 Å². The van der Waals surface area contributed by atoms with Gasteiger partial charge in [0.25, 0.3) is 17.7 Å². The molecule has 10 nitrogen and oxygen atoms in total. The Morgan fingerprint density at radius 3 is 2.24 bits per heavy atom. The standard InChI is InChI=1S/C27H17Br2Cl2N3O7/c1-40-26(38)14-2-5-16(6-3-14)34-25(37)17(24(36)33-27(34)39)8-13-9-18(28)23(19(29)10-13)41-12-22(35)32-15-4-7-20(30)21(31)11-15/h2-11H,12H2,1H3,(H,32,35)(H,33,36,39)/b17-8-. The van der Waals surface area contributed by atoms with E-state index in [-0.39, 0.29) is 28.5 Å². The monoisotopic (exact) mass is 723 g/mol. The summed E-state index contributed by atoms with van der Waals surface area (Å²) in [4.78, 5) is 63.1. The molecule has 210 valence electrons. The highest BCUT2D eigenvalue weighted by molar-refractivity contribution is 9.11. The number of methoxy groups -OCH3 is 1. The zero-order valence-corrected chi connectivity index (χ0v) is 25.5. The number of imide groups is 2. The van der Waals surface area contributed by atoms with Gasteiger partial charge in [-0.05, 0) is 98.1 Å². The summed E-state index contributed by atoms with van der Waals surface area (Å²) in [5.41, 5.74) is 0.899. The maximum absolute atomic E-state index is 13.2. The third-order valence-electron chi connectivity index (χ3n) is 5.53. The SMILES string of the molecule is COC(=O)c1ccc(N2C(=O)NC(=O)/C(=C/c3cc(Br)c(OCC(=O)Nc4ccc(Cl)c(Cl)c4)c(Br)c3)C2=O)cc1. The normalized spacial score (nSPS) is 14.1. The number of nitrogens with one attached hydrogen (secondary N) is 2. The zero-order valence-electron chi connectivity index (χ0n) is 20.8. The first-order valence-electron chi connectivity index (χ1n) is 11.4. The Morgan fingerprint density at radius 1 is 0.976 bits per heavy atom. The number of nitrogens with zero attached hydrogens (tertiary/aromatic N) is 1. The van der Waals surface area contributed by atoms with Gasteiger partial charge in [0.2, 0.25) is 0 Å². The first-order valence-corrected chi connectivity index (χ1v) is 13.8. The molecule has 3 aromatic rings. The number of esters is 1. The van der Waals surface area contributed by atoms with Gasteiger partial charge in [0, 0.05) is 5.69 Å². The number of benzene rings is 3. The highest BCUT2D eigenvalue weighted by Gasteiger charge is 2.37. The summed E-state index contributed by atoms with van der Waals surface area (Å²) in [7, 11) is 1.23. The molecule has 0 saturated carbocycles. The van der Waals surface area contributed by atoms with Gasteiger partial charge in [-0.1, -0.05) is 23.2 Å². The van der Waals surface area contributed by atoms with Crippen LogP contribution in [0.25, 0.3) is 6.08 Å². The lowest BCUT2D eigenvalue weighted by molar-refractivity contribution is -0.122. The Hall–Kier alpha value is -3.71. The van der Waals surface area contributed by atoms with E-state index in [9.17, 15) is 24.0 Å². The summed E-state index contributed by atoms with van der Waals surface area (Å²) >= 11 is 18.6. The number of barbiturate groups is 1. The van der Waals surface area contributed by atoms with Gasteiger partial charge in [-0.3, -0.25) is 19.7 Å². The van der Waals surface area contributed by atoms with E-state index < -0.39 is 29.7 Å². The molecule has 0 atom stereocenters. The Kier molecular flexibility index (Phi) is 9.49. The molecule has 3 aromatic carbocycles. The Bertz CT molecular complexity index is 1600. The molecule has 0 radical (unpaired) electrons. The fraction of sp³-hybridized carbons (Fsp3) is 0.0741. The van der Waals surface area contributed by atoms with E-state index in [0.717, 1.165) is 4.90 Å². The molecule has 0 aliphatic carbocycles. The lowest BCUT2D eigenvalue weighted by atomic mass is 10.1. The number of urea groups is 1. The molecule has 14 heteroatoms. The van der Waals surface area contributed by atoms with E-state index in [2.05, 4.69) is 47.2 Å². The number of anilines is 2. The number of ether oxygens (including phenoxy) is 2. The molecule has 0 aromatic heterocycles. The summed E-state index contributed by atoms with van der Waals surface area (Å²) in [6, 6.07) is 12.4. The predicted molar refractivity (Wildman–Crippen MR) is 159 cm³/mol. The molecule has 5 amide bonds. The molecule has 1 aliphatic heterocycles. The fourth-order valence-electron chi connectivity index (χ4n) is 3.63. The largest absolute Gasteiger partial charge is 0.481 e. The number of hydrogen-bond acceptors (Lipinski definition) is 7. The number of rotatable bonds is 7. The van der Waals surface area contributed by atoms with Crippen molar-refractivity contribution in [3.63, 3.8) is 0 Å². The summed E-state index contributed by atoms with van der Waals surface area (Å²) in [5, 5.41) is 5.42. The third kappa shape index (κ3) is 6.96. The van der Waals surface area contributed by atoms with Crippen LogP contribution in [0, 0.1) is 0 Å². The van der Waals surface area contributed by atoms with Crippen molar-refractivity contribution in [2.24, 2.45) is 0 Å². The van der Waals surface area contributed by atoms with Crippen LogP contribution in [0.2, 0.25) is 10.0 Å². The highest BCUT2D eigenvalue weighted by atomic mass is 79.9. The van der Waals surface area contributed by atoms with Crippen LogP contribution >= 0.6 is 55.1 Å². The van der Waals surface area contributed by atoms with E-state index in [1.807, 2.05) is 0 Å². The molecular formula is C27H17Br2Cl2N3O7. The lowest BCUT2D eigenvalue weighted by Gasteiger charge is -2.26. The molecule has 1 heterocycles. The molecule has 0 spiro atoms. The summed E-state index contributed by atoms with van der Waals surface area (Å²) in [6.07, 6.45) is 1.30. The summed E-state index contributed by atoms with van der Waals surface area (Å²) in [5.74, 6) is -2.50. The second-order valence-corrected chi connectivity index (χ2v) is 10.8. The molecule has 1 aliphatic rings. The van der Waals surface area contributed by atoms with Crippen LogP contribution in [0.3, 0.4) is 0 Å². The smallest absolute Gasteiger partial charge is 0.337 e. The maximum Gasteiger partial charge on any atom is 0.337 e. The molecule has 41 heavy (non-hydrogen) atoms. The van der Waals surface area contributed by atoms with E-state index in [1.165, 1.54) is 43.5 Å². The van der Waals surface area contributed by atoms with Gasteiger partial charge >= 0.3 is 12.0 Å². The number of hydrogen-bond donors (Lipinski definition) is 2. The minimum Gasteiger partial charge on any atom is -0.481 e. The van der Waals surface area contributed by atoms with E-state index in [0.29, 0.717) is 31.0 Å². The second-order valence-electron chi connectivity index (χ2n) is 8.28. The van der Waals surface area contributed by atoms with Gasteiger partial charge in [-0.25, -0.2) is 14.5 Å².